The Hall–Kier alpha value is -2.53. The molecule has 0 aromatic heterocycles. The second-order valence-electron chi connectivity index (χ2n) is 7.14. The molecule has 3 rings (SSSR count). The van der Waals surface area contributed by atoms with Crippen LogP contribution in [0.4, 0.5) is 5.69 Å². The number of hydrogen-bond donors (Lipinski definition) is 2. The van der Waals surface area contributed by atoms with Gasteiger partial charge in [0.25, 0.3) is 5.91 Å². The van der Waals surface area contributed by atoms with Gasteiger partial charge in [-0.05, 0) is 49.4 Å². The van der Waals surface area contributed by atoms with Gasteiger partial charge in [0, 0.05) is 36.8 Å². The Morgan fingerprint density at radius 2 is 1.71 bits per heavy atom. The van der Waals surface area contributed by atoms with E-state index < -0.39 is 0 Å². The number of hydrogen-bond acceptors (Lipinski definition) is 3. The second kappa shape index (κ2) is 10.1. The predicted octanol–water partition coefficient (Wildman–Crippen LogP) is 3.35. The van der Waals surface area contributed by atoms with Crippen LogP contribution in [0.25, 0.3) is 0 Å². The predicted molar refractivity (Wildman–Crippen MR) is 115 cm³/mol. The summed E-state index contributed by atoms with van der Waals surface area (Å²) in [6.07, 6.45) is 2.71. The van der Waals surface area contributed by atoms with Crippen molar-refractivity contribution in [2.45, 2.75) is 38.6 Å². The topological polar surface area (TPSA) is 75.4 Å². The van der Waals surface area contributed by atoms with E-state index in [-0.39, 0.29) is 30.3 Å². The molecular formula is C22H28ClN3O2. The molecule has 0 aliphatic carbocycles. The van der Waals surface area contributed by atoms with E-state index in [0.717, 1.165) is 35.2 Å². The molecular weight excluding hydrogens is 374 g/mol. The SMILES string of the molecule is Cc1ccccc1C(=O)NC1CCN(C(=O)CCc2ccccc2N)CC1.Cl. The molecule has 1 saturated heterocycles. The standard InChI is InChI=1S/C22H27N3O2.ClH/c1-16-6-2-4-8-19(16)22(27)24-18-12-14-25(15-13-18)21(26)11-10-17-7-3-5-9-20(17)23;/h2-9,18H,10-15,23H2,1H3,(H,24,27);1H. The molecule has 0 spiro atoms. The van der Waals surface area contributed by atoms with Gasteiger partial charge in [-0.1, -0.05) is 36.4 Å². The molecule has 1 aliphatic rings. The number of para-hydroxylation sites is 1. The number of halogens is 1. The van der Waals surface area contributed by atoms with Gasteiger partial charge in [0.05, 0.1) is 0 Å². The van der Waals surface area contributed by atoms with Crippen LogP contribution in [0.1, 0.15) is 40.7 Å². The van der Waals surface area contributed by atoms with Gasteiger partial charge in [0.2, 0.25) is 5.91 Å². The van der Waals surface area contributed by atoms with Gasteiger partial charge >= 0.3 is 0 Å². The number of carbonyl (C=O) groups is 2. The number of rotatable bonds is 5. The normalized spacial score (nSPS) is 14.2. The van der Waals surface area contributed by atoms with E-state index >= 15 is 0 Å². The van der Waals surface area contributed by atoms with Crippen molar-refractivity contribution in [2.75, 3.05) is 18.8 Å². The van der Waals surface area contributed by atoms with E-state index in [1.54, 1.807) is 0 Å². The summed E-state index contributed by atoms with van der Waals surface area (Å²) in [5.74, 6) is 0.124. The molecule has 0 unspecified atom stereocenters. The first-order chi connectivity index (χ1) is 13.0. The minimum Gasteiger partial charge on any atom is -0.399 e. The maximum Gasteiger partial charge on any atom is 0.251 e. The van der Waals surface area contributed by atoms with E-state index in [2.05, 4.69) is 5.32 Å². The Kier molecular flexibility index (Phi) is 7.88. The van der Waals surface area contributed by atoms with Gasteiger partial charge < -0.3 is 16.0 Å². The van der Waals surface area contributed by atoms with Crippen molar-refractivity contribution < 1.29 is 9.59 Å². The lowest BCUT2D eigenvalue weighted by atomic mass is 10.0. The fraction of sp³-hybridized carbons (Fsp3) is 0.364. The highest BCUT2D eigenvalue weighted by Crippen LogP contribution is 2.16. The maximum atomic E-state index is 12.5. The third-order valence-corrected chi connectivity index (χ3v) is 5.24. The average Bonchev–Trinajstić information content (AvgIpc) is 2.68. The number of nitrogens with one attached hydrogen (secondary N) is 1. The first-order valence-electron chi connectivity index (χ1n) is 9.52. The van der Waals surface area contributed by atoms with Gasteiger partial charge in [0.1, 0.15) is 0 Å². The summed E-state index contributed by atoms with van der Waals surface area (Å²) < 4.78 is 0. The summed E-state index contributed by atoms with van der Waals surface area (Å²) in [5.41, 5.74) is 9.40. The van der Waals surface area contributed by atoms with Crippen LogP contribution in [-0.2, 0) is 11.2 Å². The summed E-state index contributed by atoms with van der Waals surface area (Å²) in [6.45, 7) is 3.30. The van der Waals surface area contributed by atoms with E-state index in [9.17, 15) is 9.59 Å². The highest BCUT2D eigenvalue weighted by atomic mass is 35.5. The largest absolute Gasteiger partial charge is 0.399 e. The van der Waals surface area contributed by atoms with Crippen LogP contribution in [0.15, 0.2) is 48.5 Å². The average molecular weight is 402 g/mol. The van der Waals surface area contributed by atoms with Crippen LogP contribution in [0.2, 0.25) is 0 Å². The van der Waals surface area contributed by atoms with E-state index in [4.69, 9.17) is 5.73 Å². The fourth-order valence-electron chi connectivity index (χ4n) is 3.53. The lowest BCUT2D eigenvalue weighted by Crippen LogP contribution is -2.46. The minimum atomic E-state index is -0.0302. The molecule has 5 nitrogen and oxygen atoms in total. The number of nitrogen functional groups attached to an aromatic ring is 1. The molecule has 150 valence electrons. The Morgan fingerprint density at radius 1 is 1.07 bits per heavy atom. The van der Waals surface area contributed by atoms with Crippen LogP contribution >= 0.6 is 12.4 Å². The van der Waals surface area contributed by atoms with Crippen LogP contribution in [-0.4, -0.2) is 35.8 Å². The fourth-order valence-corrected chi connectivity index (χ4v) is 3.53. The van der Waals surface area contributed by atoms with E-state index in [0.29, 0.717) is 25.9 Å². The number of nitrogens with two attached hydrogens (primary N) is 1. The second-order valence-corrected chi connectivity index (χ2v) is 7.14. The number of nitrogens with zero attached hydrogens (tertiary/aromatic N) is 1. The van der Waals surface area contributed by atoms with Gasteiger partial charge in [0.15, 0.2) is 0 Å². The van der Waals surface area contributed by atoms with Crippen molar-refractivity contribution in [1.82, 2.24) is 10.2 Å². The molecule has 0 atom stereocenters. The highest BCUT2D eigenvalue weighted by molar-refractivity contribution is 5.95. The van der Waals surface area contributed by atoms with Crippen molar-refractivity contribution in [3.8, 4) is 0 Å². The first kappa shape index (κ1) is 21.8. The quantitative estimate of drug-likeness (QED) is 0.754. The van der Waals surface area contributed by atoms with Crippen molar-refractivity contribution in [3.63, 3.8) is 0 Å². The molecule has 0 saturated carbocycles. The molecule has 2 aromatic carbocycles. The van der Waals surface area contributed by atoms with Gasteiger partial charge in [-0.2, -0.15) is 0 Å². The number of benzene rings is 2. The monoisotopic (exact) mass is 401 g/mol. The molecule has 0 radical (unpaired) electrons. The molecule has 2 aromatic rings. The van der Waals surface area contributed by atoms with E-state index in [1.807, 2.05) is 60.4 Å². The maximum absolute atomic E-state index is 12.5. The number of likely N-dealkylation sites (tertiary alicyclic amines) is 1. The molecule has 1 heterocycles. The Balaban J connectivity index is 0.00000280. The molecule has 2 amide bonds. The number of amides is 2. The van der Waals surface area contributed by atoms with Crippen molar-refractivity contribution in [2.24, 2.45) is 0 Å². The van der Waals surface area contributed by atoms with Gasteiger partial charge in [-0.3, -0.25) is 9.59 Å². The molecule has 6 heteroatoms. The molecule has 0 bridgehead atoms. The molecule has 1 aliphatic heterocycles. The van der Waals surface area contributed by atoms with Crippen molar-refractivity contribution >= 4 is 29.9 Å². The number of anilines is 1. The molecule has 1 fully saturated rings. The molecule has 3 N–H and O–H groups in total. The summed E-state index contributed by atoms with van der Waals surface area (Å²) in [5, 5.41) is 3.11. The smallest absolute Gasteiger partial charge is 0.251 e. The summed E-state index contributed by atoms with van der Waals surface area (Å²) >= 11 is 0. The van der Waals surface area contributed by atoms with Crippen molar-refractivity contribution in [1.29, 1.82) is 0 Å². The zero-order valence-corrected chi connectivity index (χ0v) is 17.0. The van der Waals surface area contributed by atoms with Gasteiger partial charge in [-0.15, -0.1) is 12.4 Å². The first-order valence-corrected chi connectivity index (χ1v) is 9.52. The third-order valence-electron chi connectivity index (χ3n) is 5.24. The highest BCUT2D eigenvalue weighted by Gasteiger charge is 2.24. The van der Waals surface area contributed by atoms with Gasteiger partial charge in [-0.25, -0.2) is 0 Å². The summed E-state index contributed by atoms with van der Waals surface area (Å²) in [6, 6.07) is 15.4. The summed E-state index contributed by atoms with van der Waals surface area (Å²) in [7, 11) is 0. The number of carbonyl (C=O) groups excluding carboxylic acids is 2. The Morgan fingerprint density at radius 3 is 2.39 bits per heavy atom. The van der Waals surface area contributed by atoms with Crippen LogP contribution in [0, 0.1) is 6.92 Å². The Bertz CT molecular complexity index is 817. The number of aryl methyl sites for hydroxylation is 2. The minimum absolute atomic E-state index is 0. The Labute approximate surface area is 172 Å². The zero-order chi connectivity index (χ0) is 19.2. The molecule has 28 heavy (non-hydrogen) atoms. The van der Waals surface area contributed by atoms with Crippen LogP contribution in [0.3, 0.4) is 0 Å². The number of piperidine rings is 1. The van der Waals surface area contributed by atoms with Crippen LogP contribution in [0.5, 0.6) is 0 Å². The lowest BCUT2D eigenvalue weighted by Gasteiger charge is -2.32. The van der Waals surface area contributed by atoms with Crippen LogP contribution < -0.4 is 11.1 Å². The summed E-state index contributed by atoms with van der Waals surface area (Å²) in [4.78, 5) is 26.8. The van der Waals surface area contributed by atoms with E-state index in [1.165, 1.54) is 0 Å². The third kappa shape index (κ3) is 5.49. The zero-order valence-electron chi connectivity index (χ0n) is 16.2. The van der Waals surface area contributed by atoms with Crippen molar-refractivity contribution in [3.05, 3.63) is 65.2 Å². The lowest BCUT2D eigenvalue weighted by molar-refractivity contribution is -0.132.